The Hall–Kier alpha value is -0.670. The van der Waals surface area contributed by atoms with E-state index in [1.165, 1.54) is 83.5 Å². The molecule has 27 heavy (non-hydrogen) atoms. The molecule has 0 aliphatic carbocycles. The average molecular weight is 380 g/mol. The second-order valence-corrected chi connectivity index (χ2v) is 8.42. The van der Waals surface area contributed by atoms with Gasteiger partial charge in [-0.15, -0.1) is 0 Å². The molecule has 1 aliphatic heterocycles. The molecule has 0 saturated heterocycles. The summed E-state index contributed by atoms with van der Waals surface area (Å²) < 4.78 is 0.742. The lowest BCUT2D eigenvalue weighted by Gasteiger charge is -2.40. The molecule has 0 amide bonds. The number of nitrogens with zero attached hydrogens (tertiary/aromatic N) is 2. The molecule has 158 valence electrons. The molecule has 0 aromatic rings. The lowest BCUT2D eigenvalue weighted by Crippen LogP contribution is -2.57. The number of aliphatic hydroxyl groups is 1. The normalized spacial score (nSPS) is 23.5. The summed E-state index contributed by atoms with van der Waals surface area (Å²) in [5.41, 5.74) is 0. The number of unbranched alkanes of at least 4 members (excludes halogenated alkanes) is 11. The van der Waals surface area contributed by atoms with Gasteiger partial charge in [-0.3, -0.25) is 4.48 Å². The summed E-state index contributed by atoms with van der Waals surface area (Å²) in [5, 5.41) is 10.2. The van der Waals surface area contributed by atoms with E-state index >= 15 is 0 Å². The molecule has 0 bridgehead atoms. The molecule has 0 radical (unpaired) electrons. The van der Waals surface area contributed by atoms with Gasteiger partial charge in [0.15, 0.2) is 12.4 Å². The van der Waals surface area contributed by atoms with Crippen LogP contribution in [0.1, 0.15) is 111 Å². The van der Waals surface area contributed by atoms with Gasteiger partial charge in [-0.05, 0) is 39.0 Å². The van der Waals surface area contributed by atoms with Gasteiger partial charge < -0.3 is 5.11 Å². The second kappa shape index (κ2) is 15.3. The Morgan fingerprint density at radius 3 is 2.04 bits per heavy atom. The molecular formula is C24H47N2O+. The first-order valence-corrected chi connectivity index (χ1v) is 11.9. The summed E-state index contributed by atoms with van der Waals surface area (Å²) in [7, 11) is 0. The van der Waals surface area contributed by atoms with Crippen LogP contribution in [0.5, 0.6) is 0 Å². The van der Waals surface area contributed by atoms with Crippen LogP contribution >= 0.6 is 0 Å². The van der Waals surface area contributed by atoms with Gasteiger partial charge in [-0.1, -0.05) is 70.4 Å². The number of allylic oxidation sites excluding steroid dienone is 2. The quantitative estimate of drug-likeness (QED) is 0.172. The smallest absolute Gasteiger partial charge is 0.189 e. The largest absolute Gasteiger partial charge is 0.345 e. The van der Waals surface area contributed by atoms with Gasteiger partial charge in [0.2, 0.25) is 0 Å². The fraction of sp³-hybridized carbons (Fsp3) is 0.875. The molecule has 0 fully saturated rings. The Balaban J connectivity index is 1.93. The van der Waals surface area contributed by atoms with E-state index in [0.717, 1.165) is 24.0 Å². The minimum absolute atomic E-state index is 0.281. The predicted molar refractivity (Wildman–Crippen MR) is 119 cm³/mol. The van der Waals surface area contributed by atoms with E-state index in [1.54, 1.807) is 0 Å². The molecule has 0 spiro atoms. The lowest BCUT2D eigenvalue weighted by atomic mass is 10.1. The van der Waals surface area contributed by atoms with Crippen molar-refractivity contribution in [2.24, 2.45) is 4.99 Å². The van der Waals surface area contributed by atoms with Gasteiger partial charge >= 0.3 is 0 Å². The Labute approximate surface area is 169 Å². The molecule has 1 rings (SSSR count). The van der Waals surface area contributed by atoms with Crippen LogP contribution < -0.4 is 0 Å². The lowest BCUT2D eigenvalue weighted by molar-refractivity contribution is -0.976. The fourth-order valence-corrected chi connectivity index (χ4v) is 4.31. The van der Waals surface area contributed by atoms with E-state index < -0.39 is 0 Å². The van der Waals surface area contributed by atoms with Crippen LogP contribution in [-0.4, -0.2) is 41.3 Å². The average Bonchev–Trinajstić information content (AvgIpc) is 3.09. The Morgan fingerprint density at radius 2 is 1.48 bits per heavy atom. The highest BCUT2D eigenvalue weighted by Crippen LogP contribution is 2.26. The van der Waals surface area contributed by atoms with E-state index in [-0.39, 0.29) is 12.4 Å². The van der Waals surface area contributed by atoms with Crippen LogP contribution in [0.3, 0.4) is 0 Å². The highest BCUT2D eigenvalue weighted by molar-refractivity contribution is 5.60. The summed E-state index contributed by atoms with van der Waals surface area (Å²) >= 11 is 0. The maximum atomic E-state index is 10.2. The van der Waals surface area contributed by atoms with Crippen molar-refractivity contribution < 1.29 is 9.59 Å². The highest BCUT2D eigenvalue weighted by atomic mass is 16.3. The van der Waals surface area contributed by atoms with E-state index in [0.29, 0.717) is 0 Å². The second-order valence-electron chi connectivity index (χ2n) is 8.42. The Morgan fingerprint density at radius 1 is 0.926 bits per heavy atom. The van der Waals surface area contributed by atoms with Crippen LogP contribution in [0, 0.1) is 0 Å². The van der Waals surface area contributed by atoms with Crippen molar-refractivity contribution in [2.45, 2.75) is 123 Å². The fourth-order valence-electron chi connectivity index (χ4n) is 4.31. The standard InChI is InChI=1S/C24H47N2O/c1-4-6-7-8-9-10-11-12-13-14-15-16-17-18-19-20-24-25-21-22-26(24,5-2)23(3)27/h10-11,21,23-24,27H,4-9,12-20,22H2,1-3H3/q+1/b11-10+. The van der Waals surface area contributed by atoms with E-state index in [4.69, 9.17) is 0 Å². The predicted octanol–water partition coefficient (Wildman–Crippen LogP) is 6.61. The molecule has 3 atom stereocenters. The number of hydrogen-bond acceptors (Lipinski definition) is 2. The summed E-state index contributed by atoms with van der Waals surface area (Å²) in [5.74, 6) is 0. The number of hydrogen-bond donors (Lipinski definition) is 1. The monoisotopic (exact) mass is 379 g/mol. The van der Waals surface area contributed by atoms with Crippen LogP contribution in [0.2, 0.25) is 0 Å². The third kappa shape index (κ3) is 9.38. The molecule has 0 saturated carbocycles. The molecule has 3 nitrogen and oxygen atoms in total. The first-order valence-electron chi connectivity index (χ1n) is 11.9. The Bertz CT molecular complexity index is 405. The van der Waals surface area contributed by atoms with Crippen molar-refractivity contribution in [3.8, 4) is 0 Å². The van der Waals surface area contributed by atoms with Gasteiger partial charge in [0.1, 0.15) is 6.54 Å². The maximum absolute atomic E-state index is 10.2. The highest BCUT2D eigenvalue weighted by Gasteiger charge is 2.41. The van der Waals surface area contributed by atoms with Crippen LogP contribution in [0.4, 0.5) is 0 Å². The summed E-state index contributed by atoms with van der Waals surface area (Å²) in [6.07, 6.45) is 25.3. The molecule has 3 unspecified atom stereocenters. The molecule has 0 aromatic heterocycles. The van der Waals surface area contributed by atoms with Crippen molar-refractivity contribution in [3.63, 3.8) is 0 Å². The molecule has 1 N–H and O–H groups in total. The number of rotatable bonds is 17. The first-order chi connectivity index (χ1) is 13.2. The van der Waals surface area contributed by atoms with Crippen LogP contribution in [-0.2, 0) is 0 Å². The van der Waals surface area contributed by atoms with Crippen molar-refractivity contribution >= 4 is 6.21 Å². The van der Waals surface area contributed by atoms with E-state index in [9.17, 15) is 5.11 Å². The molecule has 0 aromatic carbocycles. The zero-order valence-electron chi connectivity index (χ0n) is 18.5. The summed E-state index contributed by atoms with van der Waals surface area (Å²) in [6.45, 7) is 8.23. The van der Waals surface area contributed by atoms with E-state index in [2.05, 4.69) is 31.0 Å². The molecular weight excluding hydrogens is 332 g/mol. The van der Waals surface area contributed by atoms with Crippen molar-refractivity contribution in [2.75, 3.05) is 13.1 Å². The summed E-state index contributed by atoms with van der Waals surface area (Å²) in [4.78, 5) is 4.67. The minimum Gasteiger partial charge on any atom is -0.345 e. The first kappa shape index (κ1) is 24.4. The van der Waals surface area contributed by atoms with Gasteiger partial charge in [-0.25, -0.2) is 4.99 Å². The zero-order valence-corrected chi connectivity index (χ0v) is 18.5. The maximum Gasteiger partial charge on any atom is 0.189 e. The van der Waals surface area contributed by atoms with Crippen LogP contribution in [0.15, 0.2) is 17.1 Å². The Kier molecular flexibility index (Phi) is 13.8. The summed E-state index contributed by atoms with van der Waals surface area (Å²) in [6, 6.07) is 0. The van der Waals surface area contributed by atoms with Crippen molar-refractivity contribution in [1.29, 1.82) is 0 Å². The SMILES string of the molecule is CCCCCC/C=C/CCCCCCCCCC1N=CC[N+]1(CC)C(C)O. The van der Waals surface area contributed by atoms with Gasteiger partial charge in [0.25, 0.3) is 0 Å². The third-order valence-electron chi connectivity index (χ3n) is 6.35. The van der Waals surface area contributed by atoms with Crippen LogP contribution in [0.25, 0.3) is 0 Å². The van der Waals surface area contributed by atoms with Gasteiger partial charge in [-0.2, -0.15) is 0 Å². The molecule has 1 heterocycles. The third-order valence-corrected chi connectivity index (χ3v) is 6.35. The number of aliphatic hydroxyl groups excluding tert-OH is 1. The van der Waals surface area contributed by atoms with Gasteiger partial charge in [0.05, 0.1) is 12.8 Å². The number of quaternary nitrogens is 1. The van der Waals surface area contributed by atoms with Crippen molar-refractivity contribution in [1.82, 2.24) is 0 Å². The number of aliphatic imine (C=N–C) groups is 1. The minimum atomic E-state index is -0.312. The topological polar surface area (TPSA) is 32.6 Å². The van der Waals surface area contributed by atoms with Crippen molar-refractivity contribution in [3.05, 3.63) is 12.2 Å². The van der Waals surface area contributed by atoms with Gasteiger partial charge in [0, 0.05) is 13.3 Å². The van der Waals surface area contributed by atoms with E-state index in [1.807, 2.05) is 13.1 Å². The molecule has 3 heteroatoms. The zero-order chi connectivity index (χ0) is 19.8. The molecule has 1 aliphatic rings.